The van der Waals surface area contributed by atoms with Crippen LogP contribution in [0.1, 0.15) is 63.7 Å². The predicted octanol–water partition coefficient (Wildman–Crippen LogP) is 7.73. The van der Waals surface area contributed by atoms with E-state index in [2.05, 4.69) is 9.84 Å². The van der Waals surface area contributed by atoms with E-state index in [1.165, 1.54) is 0 Å². The van der Waals surface area contributed by atoms with Crippen molar-refractivity contribution in [3.8, 4) is 5.75 Å². The van der Waals surface area contributed by atoms with Gasteiger partial charge in [0.2, 0.25) is 0 Å². The molecule has 1 amide bonds. The molecule has 8 nitrogen and oxygen atoms in total. The molecule has 4 rings (SSSR count). The standard InChI is InChI=1S/C28H21Cl2F8N3O5/c29-20-8-18(46-28(36,37)38)9-21(30)23(20)22(42)12-40(11-13-5-15(31)7-16(32)6-13)25(43)19-10-39-41(24(19)27(33,34)35)17-3-1-14(2-4-17)26(44)45/h5-10,14,17H,1-4,11-12H2,(H,44,45). The van der Waals surface area contributed by atoms with E-state index in [9.17, 15) is 54.6 Å². The zero-order valence-corrected chi connectivity index (χ0v) is 24.6. The Bertz CT molecular complexity index is 1610. The minimum Gasteiger partial charge on any atom is -0.481 e. The average molecular weight is 702 g/mol. The van der Waals surface area contributed by atoms with Crippen LogP contribution >= 0.6 is 23.2 Å². The highest BCUT2D eigenvalue weighted by molar-refractivity contribution is 6.40. The minimum absolute atomic E-state index is 0.00513. The second-order valence-electron chi connectivity index (χ2n) is 10.4. The number of halogens is 10. The SMILES string of the molecule is O=C(CN(Cc1cc(F)cc(F)c1)C(=O)c1cnn(C2CCC(C(=O)O)CC2)c1C(F)(F)F)c1c(Cl)cc(OC(F)(F)F)cc1Cl. The van der Waals surface area contributed by atoms with E-state index in [-0.39, 0.29) is 31.2 Å². The van der Waals surface area contributed by atoms with Crippen molar-refractivity contribution in [2.45, 2.75) is 50.8 Å². The molecule has 1 aliphatic carbocycles. The van der Waals surface area contributed by atoms with Crippen molar-refractivity contribution in [1.82, 2.24) is 14.7 Å². The minimum atomic E-state index is -5.17. The number of aromatic nitrogens is 2. The van der Waals surface area contributed by atoms with E-state index in [1.807, 2.05) is 0 Å². The highest BCUT2D eigenvalue weighted by Crippen LogP contribution is 2.40. The van der Waals surface area contributed by atoms with Crippen molar-refractivity contribution in [2.75, 3.05) is 6.54 Å². The van der Waals surface area contributed by atoms with Gasteiger partial charge in [0.1, 0.15) is 17.4 Å². The number of carboxylic acids is 1. The molecule has 248 valence electrons. The summed E-state index contributed by atoms with van der Waals surface area (Å²) >= 11 is 12.0. The molecule has 1 saturated carbocycles. The largest absolute Gasteiger partial charge is 0.573 e. The van der Waals surface area contributed by atoms with Crippen LogP contribution in [0.2, 0.25) is 10.0 Å². The molecule has 0 atom stereocenters. The van der Waals surface area contributed by atoms with Crippen LogP contribution in [0.15, 0.2) is 36.5 Å². The monoisotopic (exact) mass is 701 g/mol. The Labute approximate surface area is 264 Å². The van der Waals surface area contributed by atoms with Gasteiger partial charge in [0.05, 0.1) is 45.9 Å². The lowest BCUT2D eigenvalue weighted by atomic mass is 9.86. The number of rotatable bonds is 9. The summed E-state index contributed by atoms with van der Waals surface area (Å²) in [7, 11) is 0. The van der Waals surface area contributed by atoms with E-state index in [4.69, 9.17) is 23.2 Å². The Balaban J connectivity index is 1.72. The molecule has 0 bridgehead atoms. The molecule has 3 aromatic rings. The molecular weight excluding hydrogens is 681 g/mol. The first-order valence-electron chi connectivity index (χ1n) is 13.2. The van der Waals surface area contributed by atoms with Crippen molar-refractivity contribution >= 4 is 40.9 Å². The molecule has 1 aromatic heterocycles. The third-order valence-electron chi connectivity index (χ3n) is 7.13. The summed E-state index contributed by atoms with van der Waals surface area (Å²) in [6.45, 7) is -1.90. The number of hydrogen-bond donors (Lipinski definition) is 1. The van der Waals surface area contributed by atoms with E-state index < -0.39 is 99.5 Å². The lowest BCUT2D eigenvalue weighted by molar-refractivity contribution is -0.274. The van der Waals surface area contributed by atoms with Crippen LogP contribution in [-0.4, -0.2) is 50.4 Å². The molecule has 0 radical (unpaired) electrons. The predicted molar refractivity (Wildman–Crippen MR) is 144 cm³/mol. The van der Waals surface area contributed by atoms with Gasteiger partial charge in [-0.15, -0.1) is 13.2 Å². The molecular formula is C28H21Cl2F8N3O5. The maximum absolute atomic E-state index is 14.4. The third-order valence-corrected chi connectivity index (χ3v) is 7.73. The molecule has 18 heteroatoms. The van der Waals surface area contributed by atoms with Crippen LogP contribution in [0.25, 0.3) is 0 Å². The zero-order chi connectivity index (χ0) is 34.1. The molecule has 2 aromatic carbocycles. The highest BCUT2D eigenvalue weighted by atomic mass is 35.5. The summed E-state index contributed by atoms with van der Waals surface area (Å²) in [5.41, 5.74) is -3.40. The Morgan fingerprint density at radius 1 is 0.935 bits per heavy atom. The number of amides is 1. The normalized spacial score (nSPS) is 17.1. The summed E-state index contributed by atoms with van der Waals surface area (Å²) in [6, 6.07) is 2.32. The molecule has 46 heavy (non-hydrogen) atoms. The van der Waals surface area contributed by atoms with Gasteiger partial charge in [-0.3, -0.25) is 19.1 Å². The quantitative estimate of drug-likeness (QED) is 0.181. The number of aliphatic carboxylic acids is 1. The van der Waals surface area contributed by atoms with Crippen LogP contribution in [-0.2, 0) is 17.5 Å². The summed E-state index contributed by atoms with van der Waals surface area (Å²) in [5, 5.41) is 11.7. The number of hydrogen-bond acceptors (Lipinski definition) is 5. The van der Waals surface area contributed by atoms with E-state index in [0.717, 1.165) is 12.1 Å². The van der Waals surface area contributed by atoms with Crippen molar-refractivity contribution in [3.63, 3.8) is 0 Å². The Kier molecular flexibility index (Phi) is 10.2. The Morgan fingerprint density at radius 2 is 1.50 bits per heavy atom. The molecule has 1 N–H and O–H groups in total. The lowest BCUT2D eigenvalue weighted by Gasteiger charge is -2.28. The van der Waals surface area contributed by atoms with E-state index >= 15 is 0 Å². The lowest BCUT2D eigenvalue weighted by Crippen LogP contribution is -2.37. The molecule has 1 heterocycles. The van der Waals surface area contributed by atoms with E-state index in [1.54, 1.807) is 0 Å². The molecule has 0 spiro atoms. The van der Waals surface area contributed by atoms with Crippen molar-refractivity contribution in [3.05, 3.63) is 80.6 Å². The number of carbonyl (C=O) groups excluding carboxylic acids is 2. The highest BCUT2D eigenvalue weighted by Gasteiger charge is 2.43. The molecule has 1 fully saturated rings. The van der Waals surface area contributed by atoms with E-state index in [0.29, 0.717) is 34.0 Å². The van der Waals surface area contributed by atoms with Gasteiger partial charge in [0.15, 0.2) is 11.5 Å². The second kappa shape index (κ2) is 13.4. The topological polar surface area (TPSA) is 102 Å². The Hall–Kier alpha value is -3.92. The van der Waals surface area contributed by atoms with Crippen LogP contribution in [0.4, 0.5) is 35.1 Å². The third kappa shape index (κ3) is 8.26. The summed E-state index contributed by atoms with van der Waals surface area (Å²) in [4.78, 5) is 38.8. The molecule has 0 saturated heterocycles. The number of benzene rings is 2. The van der Waals surface area contributed by atoms with Gasteiger partial charge in [0.25, 0.3) is 5.91 Å². The number of ether oxygens (including phenoxy) is 1. The van der Waals surface area contributed by atoms with Crippen molar-refractivity contribution in [2.24, 2.45) is 5.92 Å². The second-order valence-corrected chi connectivity index (χ2v) is 11.2. The zero-order valence-electron chi connectivity index (χ0n) is 23.1. The van der Waals surface area contributed by atoms with Crippen LogP contribution < -0.4 is 4.74 Å². The Morgan fingerprint density at radius 3 is 2.00 bits per heavy atom. The smallest absolute Gasteiger partial charge is 0.481 e. The van der Waals surface area contributed by atoms with Gasteiger partial charge in [0, 0.05) is 12.6 Å². The number of nitrogens with zero attached hydrogens (tertiary/aromatic N) is 3. The van der Waals surface area contributed by atoms with Crippen LogP contribution in [0, 0.1) is 17.6 Å². The van der Waals surface area contributed by atoms with Crippen molar-refractivity contribution in [1.29, 1.82) is 0 Å². The van der Waals surface area contributed by atoms with Crippen LogP contribution in [0.5, 0.6) is 5.75 Å². The first kappa shape index (κ1) is 34.9. The molecule has 0 aliphatic heterocycles. The number of carbonyl (C=O) groups is 3. The first-order valence-corrected chi connectivity index (χ1v) is 14.0. The average Bonchev–Trinajstić information content (AvgIpc) is 3.36. The van der Waals surface area contributed by atoms with Gasteiger partial charge in [-0.25, -0.2) is 8.78 Å². The first-order chi connectivity index (χ1) is 21.3. The fraction of sp³-hybridized carbons (Fsp3) is 0.357. The summed E-state index contributed by atoms with van der Waals surface area (Å²) in [6.07, 6.45) is -9.58. The maximum atomic E-state index is 14.4. The fourth-order valence-corrected chi connectivity index (χ4v) is 5.88. The van der Waals surface area contributed by atoms with Gasteiger partial charge in [-0.1, -0.05) is 23.2 Å². The van der Waals surface area contributed by atoms with Gasteiger partial charge < -0.3 is 14.7 Å². The number of Topliss-reactive ketones (excluding diaryl/α,β-unsaturated/α-hetero) is 1. The van der Waals surface area contributed by atoms with Gasteiger partial charge in [-0.2, -0.15) is 18.3 Å². The number of alkyl halides is 6. The van der Waals surface area contributed by atoms with Gasteiger partial charge >= 0.3 is 18.5 Å². The number of carboxylic acid groups (broad SMARTS) is 1. The maximum Gasteiger partial charge on any atom is 0.573 e. The molecule has 0 unspecified atom stereocenters. The number of ketones is 1. The van der Waals surface area contributed by atoms with Crippen molar-refractivity contribution < 1.29 is 59.4 Å². The van der Waals surface area contributed by atoms with Crippen LogP contribution in [0.3, 0.4) is 0 Å². The fourth-order valence-electron chi connectivity index (χ4n) is 5.20. The van der Waals surface area contributed by atoms with Gasteiger partial charge in [-0.05, 0) is 55.5 Å². The summed E-state index contributed by atoms with van der Waals surface area (Å²) < 4.78 is 113. The summed E-state index contributed by atoms with van der Waals surface area (Å²) in [5.74, 6) is -7.53. The molecule has 1 aliphatic rings.